The van der Waals surface area contributed by atoms with Gasteiger partial charge in [0.15, 0.2) is 0 Å². The van der Waals surface area contributed by atoms with E-state index in [-0.39, 0.29) is 11.5 Å². The highest BCUT2D eigenvalue weighted by Gasteiger charge is 2.39. The van der Waals surface area contributed by atoms with Gasteiger partial charge in [-0.1, -0.05) is 24.8 Å². The number of carbonyl (C=O) groups excluding carboxylic acids is 1. The quantitative estimate of drug-likeness (QED) is 0.724. The van der Waals surface area contributed by atoms with E-state index in [0.717, 1.165) is 44.5 Å². The molecule has 0 radical (unpaired) electrons. The van der Waals surface area contributed by atoms with Crippen molar-refractivity contribution in [3.8, 4) is 5.75 Å². The Morgan fingerprint density at radius 1 is 1.26 bits per heavy atom. The summed E-state index contributed by atoms with van der Waals surface area (Å²) in [4.78, 5) is 13.5. The molecule has 1 spiro atoms. The Hall–Kier alpha value is -1.77. The molecule has 2 aliphatic heterocycles. The molecule has 2 heterocycles. The van der Waals surface area contributed by atoms with Gasteiger partial charge >= 0.3 is 0 Å². The Bertz CT molecular complexity index is 501. The zero-order valence-electron chi connectivity index (χ0n) is 11.1. The lowest BCUT2D eigenvalue weighted by Crippen LogP contribution is -2.50. The van der Waals surface area contributed by atoms with Gasteiger partial charge in [-0.15, -0.1) is 0 Å². The Kier molecular flexibility index (Phi) is 3.05. The lowest BCUT2D eigenvalue weighted by molar-refractivity contribution is -0.129. The highest BCUT2D eigenvalue weighted by molar-refractivity contribution is 5.87. The summed E-state index contributed by atoms with van der Waals surface area (Å²) in [5.41, 5.74) is 1.24. The fourth-order valence-electron chi connectivity index (χ4n) is 3.07. The van der Waals surface area contributed by atoms with Crippen LogP contribution in [0.2, 0.25) is 0 Å². The van der Waals surface area contributed by atoms with Gasteiger partial charge < -0.3 is 9.64 Å². The molecule has 0 atom stereocenters. The first kappa shape index (κ1) is 12.3. The molecule has 3 heteroatoms. The predicted molar refractivity (Wildman–Crippen MR) is 74.1 cm³/mol. The number of benzene rings is 1. The molecule has 1 aromatic rings. The number of rotatable bonds is 1. The minimum Gasteiger partial charge on any atom is -0.487 e. The third-order valence-corrected chi connectivity index (χ3v) is 4.31. The number of likely N-dealkylation sites (tertiary alicyclic amines) is 1. The number of ether oxygens (including phenoxy) is 1. The maximum atomic E-state index is 11.6. The van der Waals surface area contributed by atoms with E-state index < -0.39 is 0 Å². The first-order valence-corrected chi connectivity index (χ1v) is 6.91. The van der Waals surface area contributed by atoms with Gasteiger partial charge in [-0.25, -0.2) is 0 Å². The number of hydrogen-bond donors (Lipinski definition) is 0. The third kappa shape index (κ3) is 2.25. The molecule has 3 rings (SSSR count). The molecule has 0 unspecified atom stereocenters. The largest absolute Gasteiger partial charge is 0.487 e. The molecule has 0 aliphatic carbocycles. The topological polar surface area (TPSA) is 29.5 Å². The molecule has 1 fully saturated rings. The maximum absolute atomic E-state index is 11.6. The summed E-state index contributed by atoms with van der Waals surface area (Å²) in [6, 6.07) is 8.27. The SMILES string of the molecule is C=CC(=O)N1CCC2(CCc3ccccc3O2)CC1. The van der Waals surface area contributed by atoms with Gasteiger partial charge in [0, 0.05) is 25.9 Å². The summed E-state index contributed by atoms with van der Waals surface area (Å²) in [6.45, 7) is 5.09. The second kappa shape index (κ2) is 4.72. The summed E-state index contributed by atoms with van der Waals surface area (Å²) in [7, 11) is 0. The second-order valence-corrected chi connectivity index (χ2v) is 5.42. The normalized spacial score (nSPS) is 20.5. The number of fused-ring (bicyclic) bond motifs is 1. The van der Waals surface area contributed by atoms with Crippen LogP contribution in [-0.4, -0.2) is 29.5 Å². The van der Waals surface area contributed by atoms with E-state index in [1.807, 2.05) is 11.0 Å². The number of hydrogen-bond acceptors (Lipinski definition) is 2. The van der Waals surface area contributed by atoms with Crippen molar-refractivity contribution in [1.82, 2.24) is 4.90 Å². The Morgan fingerprint density at radius 3 is 2.74 bits per heavy atom. The van der Waals surface area contributed by atoms with Gasteiger partial charge in [-0.2, -0.15) is 0 Å². The number of aryl methyl sites for hydroxylation is 1. The van der Waals surface area contributed by atoms with Crippen molar-refractivity contribution in [2.45, 2.75) is 31.3 Å². The van der Waals surface area contributed by atoms with Gasteiger partial charge in [-0.3, -0.25) is 4.79 Å². The summed E-state index contributed by atoms with van der Waals surface area (Å²) < 4.78 is 6.26. The van der Waals surface area contributed by atoms with E-state index in [2.05, 4.69) is 24.8 Å². The summed E-state index contributed by atoms with van der Waals surface area (Å²) in [5, 5.41) is 0. The van der Waals surface area contributed by atoms with E-state index in [9.17, 15) is 4.79 Å². The number of para-hydroxylation sites is 1. The van der Waals surface area contributed by atoms with E-state index in [1.165, 1.54) is 11.6 Å². The standard InChI is InChI=1S/C16H19NO2/c1-2-15(18)17-11-9-16(10-12-17)8-7-13-5-3-4-6-14(13)19-16/h2-6H,1,7-12H2. The van der Waals surface area contributed by atoms with Crippen LogP contribution >= 0.6 is 0 Å². The van der Waals surface area contributed by atoms with Crippen LogP contribution in [0.3, 0.4) is 0 Å². The van der Waals surface area contributed by atoms with E-state index in [0.29, 0.717) is 0 Å². The van der Waals surface area contributed by atoms with Gasteiger partial charge in [0.05, 0.1) is 0 Å². The molecule has 0 saturated carbocycles. The van der Waals surface area contributed by atoms with Crippen molar-refractivity contribution in [1.29, 1.82) is 0 Å². The Balaban J connectivity index is 1.71. The first-order valence-electron chi connectivity index (χ1n) is 6.91. The third-order valence-electron chi connectivity index (χ3n) is 4.31. The first-order chi connectivity index (χ1) is 9.22. The Morgan fingerprint density at radius 2 is 2.00 bits per heavy atom. The zero-order chi connectivity index (χ0) is 13.3. The minimum atomic E-state index is -0.0632. The highest BCUT2D eigenvalue weighted by Crippen LogP contribution is 2.39. The summed E-state index contributed by atoms with van der Waals surface area (Å²) >= 11 is 0. The number of carbonyl (C=O) groups is 1. The average Bonchev–Trinajstić information content (AvgIpc) is 2.47. The van der Waals surface area contributed by atoms with Crippen molar-refractivity contribution in [2.75, 3.05) is 13.1 Å². The molecule has 2 aliphatic rings. The summed E-state index contributed by atoms with van der Waals surface area (Å²) in [6.07, 6.45) is 5.36. The minimum absolute atomic E-state index is 0.0334. The van der Waals surface area contributed by atoms with Crippen LogP contribution in [0.1, 0.15) is 24.8 Å². The van der Waals surface area contributed by atoms with E-state index in [4.69, 9.17) is 4.74 Å². The van der Waals surface area contributed by atoms with Gasteiger partial charge in [0.1, 0.15) is 11.4 Å². The van der Waals surface area contributed by atoms with Gasteiger partial charge in [-0.05, 0) is 30.5 Å². The molecule has 100 valence electrons. The molecular weight excluding hydrogens is 238 g/mol. The van der Waals surface area contributed by atoms with Crippen LogP contribution in [-0.2, 0) is 11.2 Å². The Labute approximate surface area is 113 Å². The lowest BCUT2D eigenvalue weighted by atomic mass is 9.83. The monoisotopic (exact) mass is 257 g/mol. The van der Waals surface area contributed by atoms with Crippen molar-refractivity contribution in [3.05, 3.63) is 42.5 Å². The number of nitrogens with zero attached hydrogens (tertiary/aromatic N) is 1. The van der Waals surface area contributed by atoms with Crippen LogP contribution in [0.15, 0.2) is 36.9 Å². The van der Waals surface area contributed by atoms with Crippen molar-refractivity contribution in [3.63, 3.8) is 0 Å². The van der Waals surface area contributed by atoms with Crippen LogP contribution in [0.25, 0.3) is 0 Å². The van der Waals surface area contributed by atoms with Crippen LogP contribution < -0.4 is 4.74 Å². The maximum Gasteiger partial charge on any atom is 0.245 e. The van der Waals surface area contributed by atoms with Crippen molar-refractivity contribution >= 4 is 5.91 Å². The molecule has 1 aromatic carbocycles. The second-order valence-electron chi connectivity index (χ2n) is 5.42. The van der Waals surface area contributed by atoms with Crippen molar-refractivity contribution in [2.24, 2.45) is 0 Å². The molecule has 0 N–H and O–H groups in total. The zero-order valence-corrected chi connectivity index (χ0v) is 11.1. The predicted octanol–water partition coefficient (Wildman–Crippen LogP) is 2.56. The van der Waals surface area contributed by atoms with Gasteiger partial charge in [0.2, 0.25) is 5.91 Å². The number of amides is 1. The molecule has 1 amide bonds. The molecule has 19 heavy (non-hydrogen) atoms. The molecule has 0 bridgehead atoms. The number of piperidine rings is 1. The fraction of sp³-hybridized carbons (Fsp3) is 0.438. The summed E-state index contributed by atoms with van der Waals surface area (Å²) in [5.74, 6) is 1.06. The molecular formula is C16H19NO2. The molecule has 1 saturated heterocycles. The lowest BCUT2D eigenvalue weighted by Gasteiger charge is -2.44. The highest BCUT2D eigenvalue weighted by atomic mass is 16.5. The van der Waals surface area contributed by atoms with Gasteiger partial charge in [0.25, 0.3) is 0 Å². The molecule has 0 aromatic heterocycles. The van der Waals surface area contributed by atoms with E-state index in [1.54, 1.807) is 0 Å². The van der Waals surface area contributed by atoms with Crippen LogP contribution in [0, 0.1) is 0 Å². The average molecular weight is 257 g/mol. The van der Waals surface area contributed by atoms with E-state index >= 15 is 0 Å². The fourth-order valence-corrected chi connectivity index (χ4v) is 3.07. The molecule has 3 nitrogen and oxygen atoms in total. The van der Waals surface area contributed by atoms with Crippen molar-refractivity contribution < 1.29 is 9.53 Å². The van der Waals surface area contributed by atoms with Crippen LogP contribution in [0.4, 0.5) is 0 Å². The smallest absolute Gasteiger partial charge is 0.245 e. The van der Waals surface area contributed by atoms with Crippen LogP contribution in [0.5, 0.6) is 5.75 Å².